The van der Waals surface area contributed by atoms with E-state index in [0.717, 1.165) is 12.8 Å². The lowest BCUT2D eigenvalue weighted by Gasteiger charge is -2.21. The van der Waals surface area contributed by atoms with Crippen LogP contribution in [0.15, 0.2) is 12.1 Å². The van der Waals surface area contributed by atoms with E-state index in [-0.39, 0.29) is 0 Å². The van der Waals surface area contributed by atoms with Gasteiger partial charge >= 0.3 is 0 Å². The van der Waals surface area contributed by atoms with Crippen LogP contribution < -0.4 is 5.73 Å². The van der Waals surface area contributed by atoms with Gasteiger partial charge in [0.05, 0.1) is 0 Å². The van der Waals surface area contributed by atoms with Crippen LogP contribution in [-0.2, 0) is 12.8 Å². The summed E-state index contributed by atoms with van der Waals surface area (Å²) < 4.78 is 0. The van der Waals surface area contributed by atoms with Crippen molar-refractivity contribution in [2.75, 3.05) is 11.5 Å². The van der Waals surface area contributed by atoms with Gasteiger partial charge in [0.15, 0.2) is 0 Å². The van der Waals surface area contributed by atoms with Crippen LogP contribution >= 0.6 is 11.8 Å². The van der Waals surface area contributed by atoms with E-state index in [1.807, 2.05) is 0 Å². The maximum Gasteiger partial charge on any atom is 0.0455 e. The topological polar surface area (TPSA) is 38.9 Å². The molecular formula is C13H18N2S. The quantitative estimate of drug-likeness (QED) is 0.809. The summed E-state index contributed by atoms with van der Waals surface area (Å²) >= 11 is 2.07. The van der Waals surface area contributed by atoms with E-state index < -0.39 is 0 Å². The molecule has 0 spiro atoms. The third-order valence-electron chi connectivity index (χ3n) is 3.67. The van der Waals surface area contributed by atoms with Crippen molar-refractivity contribution in [3.05, 3.63) is 29.1 Å². The van der Waals surface area contributed by atoms with E-state index >= 15 is 0 Å². The third kappa shape index (κ3) is 1.98. The lowest BCUT2D eigenvalue weighted by molar-refractivity contribution is 0.615. The number of hydrogen-bond acceptors (Lipinski definition) is 3. The number of fused-ring (bicyclic) bond motifs is 1. The Morgan fingerprint density at radius 3 is 2.81 bits per heavy atom. The number of rotatable bonds is 1. The van der Waals surface area contributed by atoms with E-state index in [4.69, 9.17) is 10.7 Å². The second-order valence-corrected chi connectivity index (χ2v) is 6.12. The number of hydrogen-bond donors (Lipinski definition) is 1. The fourth-order valence-corrected chi connectivity index (χ4v) is 3.84. The summed E-state index contributed by atoms with van der Waals surface area (Å²) in [6.07, 6.45) is 4.58. The zero-order chi connectivity index (χ0) is 11.0. The molecule has 2 N–H and O–H groups in total. The first kappa shape index (κ1) is 10.6. The van der Waals surface area contributed by atoms with Crippen LogP contribution in [-0.4, -0.2) is 22.5 Å². The fourth-order valence-electron chi connectivity index (χ4n) is 2.73. The molecule has 16 heavy (non-hydrogen) atoms. The van der Waals surface area contributed by atoms with Crippen LogP contribution in [0.2, 0.25) is 0 Å². The Hall–Kier alpha value is -0.540. The summed E-state index contributed by atoms with van der Waals surface area (Å²) in [4.78, 5) is 4.84. The number of pyridine rings is 1. The number of aromatic nitrogens is 1. The number of thioether (sulfide) groups is 1. The third-order valence-corrected chi connectivity index (χ3v) is 4.72. The highest BCUT2D eigenvalue weighted by Gasteiger charge is 2.22. The van der Waals surface area contributed by atoms with E-state index in [1.165, 1.54) is 41.3 Å². The molecule has 1 saturated heterocycles. The lowest BCUT2D eigenvalue weighted by atomic mass is 9.97. The molecule has 1 aliphatic heterocycles. The van der Waals surface area contributed by atoms with Gasteiger partial charge in [0.25, 0.3) is 0 Å². The first-order chi connectivity index (χ1) is 7.83. The second kappa shape index (κ2) is 4.38. The SMILES string of the molecule is NC1Cc2ccc(C3CCSCC3)nc2C1. The van der Waals surface area contributed by atoms with Crippen LogP contribution in [0.5, 0.6) is 0 Å². The van der Waals surface area contributed by atoms with Gasteiger partial charge < -0.3 is 5.73 Å². The molecule has 2 aliphatic rings. The van der Waals surface area contributed by atoms with Gasteiger partial charge in [-0.1, -0.05) is 6.07 Å². The van der Waals surface area contributed by atoms with Gasteiger partial charge in [-0.3, -0.25) is 4.98 Å². The van der Waals surface area contributed by atoms with Gasteiger partial charge in [-0.2, -0.15) is 11.8 Å². The highest BCUT2D eigenvalue weighted by Crippen LogP contribution is 2.31. The second-order valence-electron chi connectivity index (χ2n) is 4.90. The lowest BCUT2D eigenvalue weighted by Crippen LogP contribution is -2.19. The predicted octanol–water partition coefficient (Wildman–Crippen LogP) is 2.12. The summed E-state index contributed by atoms with van der Waals surface area (Å²) in [6, 6.07) is 4.80. The van der Waals surface area contributed by atoms with Crippen LogP contribution in [0, 0.1) is 0 Å². The number of nitrogens with zero attached hydrogens (tertiary/aromatic N) is 1. The zero-order valence-electron chi connectivity index (χ0n) is 9.48. The molecule has 0 aromatic carbocycles. The average Bonchev–Trinajstić information content (AvgIpc) is 2.69. The Balaban J connectivity index is 1.84. The maximum atomic E-state index is 5.97. The van der Waals surface area contributed by atoms with Crippen molar-refractivity contribution in [3.8, 4) is 0 Å². The monoisotopic (exact) mass is 234 g/mol. The van der Waals surface area contributed by atoms with Gasteiger partial charge in [-0.25, -0.2) is 0 Å². The molecule has 86 valence electrons. The molecule has 3 rings (SSSR count). The highest BCUT2D eigenvalue weighted by atomic mass is 32.2. The first-order valence-electron chi connectivity index (χ1n) is 6.15. The summed E-state index contributed by atoms with van der Waals surface area (Å²) in [7, 11) is 0. The van der Waals surface area contributed by atoms with E-state index in [1.54, 1.807) is 0 Å². The van der Waals surface area contributed by atoms with E-state index in [2.05, 4.69) is 23.9 Å². The minimum absolute atomic E-state index is 0.305. The normalized spacial score (nSPS) is 25.7. The van der Waals surface area contributed by atoms with Crippen molar-refractivity contribution < 1.29 is 0 Å². The molecule has 2 heterocycles. The smallest absolute Gasteiger partial charge is 0.0455 e. The first-order valence-corrected chi connectivity index (χ1v) is 7.30. The molecule has 1 unspecified atom stereocenters. The maximum absolute atomic E-state index is 5.97. The minimum atomic E-state index is 0.305. The molecule has 2 nitrogen and oxygen atoms in total. The molecule has 1 aromatic rings. The fraction of sp³-hybridized carbons (Fsp3) is 0.615. The summed E-state index contributed by atoms with van der Waals surface area (Å²) in [6.45, 7) is 0. The Labute approximate surface area is 101 Å². The van der Waals surface area contributed by atoms with Crippen LogP contribution in [0.4, 0.5) is 0 Å². The predicted molar refractivity (Wildman–Crippen MR) is 68.9 cm³/mol. The summed E-state index contributed by atoms with van der Waals surface area (Å²) in [5.41, 5.74) is 9.93. The van der Waals surface area contributed by atoms with Gasteiger partial charge in [-0.05, 0) is 42.4 Å². The van der Waals surface area contributed by atoms with Gasteiger partial charge in [0, 0.05) is 29.8 Å². The molecule has 3 heteroatoms. The zero-order valence-corrected chi connectivity index (χ0v) is 10.3. The molecule has 0 saturated carbocycles. The van der Waals surface area contributed by atoms with E-state index in [0.29, 0.717) is 12.0 Å². The number of nitrogens with two attached hydrogens (primary N) is 1. The van der Waals surface area contributed by atoms with Crippen molar-refractivity contribution in [3.63, 3.8) is 0 Å². The summed E-state index contributed by atoms with van der Waals surface area (Å²) in [5.74, 6) is 3.29. The molecule has 1 aromatic heterocycles. The van der Waals surface area contributed by atoms with Gasteiger partial charge in [-0.15, -0.1) is 0 Å². The van der Waals surface area contributed by atoms with Crippen molar-refractivity contribution >= 4 is 11.8 Å². The molecule has 0 bridgehead atoms. The molecule has 1 fully saturated rings. The molecule has 1 atom stereocenters. The van der Waals surface area contributed by atoms with Crippen molar-refractivity contribution in [1.82, 2.24) is 4.98 Å². The van der Waals surface area contributed by atoms with Gasteiger partial charge in [0.2, 0.25) is 0 Å². The molecule has 0 amide bonds. The Bertz CT molecular complexity index is 386. The molecular weight excluding hydrogens is 216 g/mol. The minimum Gasteiger partial charge on any atom is -0.327 e. The standard InChI is InChI=1S/C13H18N2S/c14-11-7-10-1-2-12(15-13(10)8-11)9-3-5-16-6-4-9/h1-2,9,11H,3-8,14H2. The average molecular weight is 234 g/mol. The highest BCUT2D eigenvalue weighted by molar-refractivity contribution is 7.99. The van der Waals surface area contributed by atoms with Crippen molar-refractivity contribution in [1.29, 1.82) is 0 Å². The van der Waals surface area contributed by atoms with Crippen LogP contribution in [0.1, 0.15) is 35.7 Å². The largest absolute Gasteiger partial charge is 0.327 e. The van der Waals surface area contributed by atoms with Gasteiger partial charge in [0.1, 0.15) is 0 Å². The molecule has 1 aliphatic carbocycles. The Kier molecular flexibility index (Phi) is 2.90. The van der Waals surface area contributed by atoms with Crippen molar-refractivity contribution in [2.45, 2.75) is 37.6 Å². The Morgan fingerprint density at radius 2 is 2.00 bits per heavy atom. The molecule has 0 radical (unpaired) electrons. The summed E-state index contributed by atoms with van der Waals surface area (Å²) in [5, 5.41) is 0. The Morgan fingerprint density at radius 1 is 1.19 bits per heavy atom. The van der Waals surface area contributed by atoms with E-state index in [9.17, 15) is 0 Å². The van der Waals surface area contributed by atoms with Crippen molar-refractivity contribution in [2.24, 2.45) is 5.73 Å². The van der Waals surface area contributed by atoms with Crippen LogP contribution in [0.25, 0.3) is 0 Å². The van der Waals surface area contributed by atoms with Crippen LogP contribution in [0.3, 0.4) is 0 Å².